The van der Waals surface area contributed by atoms with E-state index in [1.165, 1.54) is 19.1 Å². The number of halogens is 4. The van der Waals surface area contributed by atoms with E-state index in [1.54, 1.807) is 36.4 Å². The van der Waals surface area contributed by atoms with Crippen LogP contribution in [0.4, 0.5) is 18.9 Å². The number of hydrogen-bond donors (Lipinski definition) is 0. The largest absolute Gasteiger partial charge is 0.417 e. The predicted octanol–water partition coefficient (Wildman–Crippen LogP) is 7.39. The van der Waals surface area contributed by atoms with E-state index in [0.29, 0.717) is 53.7 Å². The first-order valence-corrected chi connectivity index (χ1v) is 16.2. The van der Waals surface area contributed by atoms with Crippen LogP contribution < -0.4 is 4.90 Å². The smallest absolute Gasteiger partial charge is 0.336 e. The molecule has 0 atom stereocenters. The Kier molecular flexibility index (Phi) is 12.7. The third kappa shape index (κ3) is 9.35. The van der Waals surface area contributed by atoms with Gasteiger partial charge in [-0.25, -0.2) is 4.90 Å². The number of benzene rings is 3. The minimum absolute atomic E-state index is 0.0571. The van der Waals surface area contributed by atoms with E-state index in [1.807, 2.05) is 29.2 Å². The fourth-order valence-electron chi connectivity index (χ4n) is 5.70. The summed E-state index contributed by atoms with van der Waals surface area (Å²) < 4.78 is 40.2. The van der Waals surface area contributed by atoms with Crippen LogP contribution in [0.1, 0.15) is 66.1 Å². The van der Waals surface area contributed by atoms with Gasteiger partial charge in [0.25, 0.3) is 17.7 Å². The zero-order valence-electron chi connectivity index (χ0n) is 27.0. The second-order valence-electron chi connectivity index (χ2n) is 11.6. The first kappa shape index (κ1) is 36.9. The van der Waals surface area contributed by atoms with Crippen molar-refractivity contribution in [1.82, 2.24) is 9.80 Å². The quantitative estimate of drug-likeness (QED) is 0.171. The standard InChI is InChI=1S/C30H30ClF3N4O3.C7H5N/c1-20-23(29(41)38(27(20)39)22-12-11-21(19-35)25(18-22)30(32,33)34)8-4-2-3-7-13-36-14-16-37(17-15-36)28(40)24-9-5-6-10-26(24)31;8-6-7-4-2-1-3-5-7/h5-6,9-12,18H,2-4,7-8,13-17H2,1H3;1-5H. The second kappa shape index (κ2) is 16.9. The summed E-state index contributed by atoms with van der Waals surface area (Å²) in [6.07, 6.45) is -1.07. The predicted molar refractivity (Wildman–Crippen MR) is 179 cm³/mol. The van der Waals surface area contributed by atoms with Gasteiger partial charge in [0.05, 0.1) is 45.1 Å². The molecule has 0 unspecified atom stereocenters. The van der Waals surface area contributed by atoms with Gasteiger partial charge in [-0.3, -0.25) is 19.3 Å². The average molecular weight is 690 g/mol. The molecule has 1 saturated heterocycles. The number of hydrogen-bond acceptors (Lipinski definition) is 6. The van der Waals surface area contributed by atoms with Crippen molar-refractivity contribution in [1.29, 1.82) is 10.5 Å². The minimum atomic E-state index is -4.79. The van der Waals surface area contributed by atoms with Crippen LogP contribution in [0.2, 0.25) is 5.02 Å². The van der Waals surface area contributed by atoms with Gasteiger partial charge >= 0.3 is 6.18 Å². The Bertz CT molecular complexity index is 1790. The number of nitriles is 2. The summed E-state index contributed by atoms with van der Waals surface area (Å²) in [7, 11) is 0. The van der Waals surface area contributed by atoms with Gasteiger partial charge in [0, 0.05) is 37.3 Å². The van der Waals surface area contributed by atoms with Gasteiger partial charge in [-0.2, -0.15) is 23.7 Å². The zero-order valence-corrected chi connectivity index (χ0v) is 27.7. The van der Waals surface area contributed by atoms with Crippen molar-refractivity contribution in [2.45, 2.75) is 45.2 Å². The number of carbonyl (C=O) groups is 3. The van der Waals surface area contributed by atoms with Crippen LogP contribution in [-0.4, -0.2) is 60.2 Å². The van der Waals surface area contributed by atoms with Crippen LogP contribution in [-0.2, 0) is 15.8 Å². The molecule has 2 aliphatic rings. The highest BCUT2D eigenvalue weighted by molar-refractivity contribution is 6.34. The summed E-state index contributed by atoms with van der Waals surface area (Å²) >= 11 is 6.16. The molecule has 49 heavy (non-hydrogen) atoms. The number of nitrogens with zero attached hydrogens (tertiary/aromatic N) is 5. The van der Waals surface area contributed by atoms with Crippen LogP contribution in [0.25, 0.3) is 0 Å². The SMILES string of the molecule is CC1=C(CCCCCCN2CCN(C(=O)c3ccccc3Cl)CC2)C(=O)N(c2ccc(C#N)c(C(F)(F)F)c2)C1=O.N#Cc1ccccc1. The molecule has 0 saturated carbocycles. The Morgan fingerprint density at radius 3 is 2.10 bits per heavy atom. The molecule has 0 aliphatic carbocycles. The van der Waals surface area contributed by atoms with Gasteiger partial charge in [0.2, 0.25) is 0 Å². The second-order valence-corrected chi connectivity index (χ2v) is 12.1. The monoisotopic (exact) mass is 689 g/mol. The maximum atomic E-state index is 13.4. The molecule has 2 aliphatic heterocycles. The summed E-state index contributed by atoms with van der Waals surface area (Å²) in [6.45, 7) is 5.23. The molecule has 12 heteroatoms. The van der Waals surface area contributed by atoms with Crippen molar-refractivity contribution < 1.29 is 27.6 Å². The summed E-state index contributed by atoms with van der Waals surface area (Å²) in [5.74, 6) is -1.32. The first-order valence-electron chi connectivity index (χ1n) is 15.9. The van der Waals surface area contributed by atoms with Gasteiger partial charge in [-0.05, 0) is 75.2 Å². The lowest BCUT2D eigenvalue weighted by Gasteiger charge is -2.35. The third-order valence-electron chi connectivity index (χ3n) is 8.44. The van der Waals surface area contributed by atoms with Crippen molar-refractivity contribution in [3.8, 4) is 12.1 Å². The Balaban J connectivity index is 0.000000592. The maximum Gasteiger partial charge on any atom is 0.417 e. The first-order chi connectivity index (χ1) is 23.5. The molecular formula is C37H35ClF3N5O3. The summed E-state index contributed by atoms with van der Waals surface area (Å²) in [5.41, 5.74) is -0.178. The molecule has 3 aromatic rings. The molecule has 0 spiro atoms. The summed E-state index contributed by atoms with van der Waals surface area (Å²) in [4.78, 5) is 43.4. The van der Waals surface area contributed by atoms with E-state index in [4.69, 9.17) is 22.1 Å². The van der Waals surface area contributed by atoms with Crippen LogP contribution in [0.15, 0.2) is 83.9 Å². The Morgan fingerprint density at radius 1 is 0.837 bits per heavy atom. The van der Waals surface area contributed by atoms with E-state index in [2.05, 4.69) is 4.90 Å². The van der Waals surface area contributed by atoms with Crippen molar-refractivity contribution >= 4 is 35.0 Å². The Morgan fingerprint density at radius 2 is 1.49 bits per heavy atom. The molecule has 8 nitrogen and oxygen atoms in total. The number of imide groups is 1. The normalized spacial score (nSPS) is 15.1. The minimum Gasteiger partial charge on any atom is -0.336 e. The zero-order chi connectivity index (χ0) is 35.6. The summed E-state index contributed by atoms with van der Waals surface area (Å²) in [5, 5.41) is 17.7. The number of amides is 3. The van der Waals surface area contributed by atoms with Gasteiger partial charge in [0.15, 0.2) is 0 Å². The number of piperazine rings is 1. The highest BCUT2D eigenvalue weighted by Gasteiger charge is 2.39. The van der Waals surface area contributed by atoms with E-state index in [9.17, 15) is 27.6 Å². The van der Waals surface area contributed by atoms with E-state index in [0.717, 1.165) is 49.9 Å². The lowest BCUT2D eigenvalue weighted by Crippen LogP contribution is -2.48. The molecule has 2 heterocycles. The molecule has 0 N–H and O–H groups in total. The van der Waals surface area contributed by atoms with E-state index >= 15 is 0 Å². The lowest BCUT2D eigenvalue weighted by atomic mass is 10.0. The number of rotatable bonds is 9. The topological polar surface area (TPSA) is 109 Å². The van der Waals surface area contributed by atoms with Gasteiger partial charge in [0.1, 0.15) is 0 Å². The lowest BCUT2D eigenvalue weighted by molar-refractivity contribution is -0.138. The van der Waals surface area contributed by atoms with Crippen molar-refractivity contribution in [3.63, 3.8) is 0 Å². The number of carbonyl (C=O) groups excluding carboxylic acids is 3. The molecule has 3 aromatic carbocycles. The Hall–Kier alpha value is -4.97. The highest BCUT2D eigenvalue weighted by atomic mass is 35.5. The number of anilines is 1. The molecule has 3 amide bonds. The van der Waals surface area contributed by atoms with Crippen molar-refractivity contribution in [3.05, 3.63) is 111 Å². The van der Waals surface area contributed by atoms with Gasteiger partial charge in [-0.15, -0.1) is 0 Å². The molecule has 0 aromatic heterocycles. The Labute approximate surface area is 288 Å². The molecule has 0 bridgehead atoms. The van der Waals surface area contributed by atoms with E-state index in [-0.39, 0.29) is 17.2 Å². The number of alkyl halides is 3. The molecule has 254 valence electrons. The van der Waals surface area contributed by atoms with Crippen LogP contribution in [0.5, 0.6) is 0 Å². The summed E-state index contributed by atoms with van der Waals surface area (Å²) in [6, 6.07) is 22.5. The van der Waals surface area contributed by atoms with Gasteiger partial charge < -0.3 is 4.90 Å². The fraction of sp³-hybridized carbons (Fsp3) is 0.324. The molecular weight excluding hydrogens is 655 g/mol. The molecule has 5 rings (SSSR count). The fourth-order valence-corrected chi connectivity index (χ4v) is 5.92. The highest BCUT2D eigenvalue weighted by Crippen LogP contribution is 2.37. The van der Waals surface area contributed by atoms with Crippen LogP contribution in [0, 0.1) is 22.7 Å². The van der Waals surface area contributed by atoms with Crippen LogP contribution >= 0.6 is 11.6 Å². The number of unbranched alkanes of at least 4 members (excludes halogenated alkanes) is 3. The average Bonchev–Trinajstić information content (AvgIpc) is 3.32. The third-order valence-corrected chi connectivity index (χ3v) is 8.77. The van der Waals surface area contributed by atoms with Gasteiger partial charge in [-0.1, -0.05) is 54.8 Å². The molecule has 1 fully saturated rings. The van der Waals surface area contributed by atoms with Crippen molar-refractivity contribution in [2.24, 2.45) is 0 Å². The van der Waals surface area contributed by atoms with Crippen molar-refractivity contribution in [2.75, 3.05) is 37.6 Å². The van der Waals surface area contributed by atoms with E-state index < -0.39 is 29.1 Å². The van der Waals surface area contributed by atoms with Crippen LogP contribution in [0.3, 0.4) is 0 Å². The maximum absolute atomic E-state index is 13.4. The molecule has 0 radical (unpaired) electrons.